The van der Waals surface area contributed by atoms with Gasteiger partial charge in [0, 0.05) is 4.83 Å². The summed E-state index contributed by atoms with van der Waals surface area (Å²) in [6, 6.07) is 13.2. The molecule has 0 amide bonds. The Balaban J connectivity index is 2.16. The monoisotopic (exact) mass is 306 g/mol. The van der Waals surface area contributed by atoms with Crippen molar-refractivity contribution in [1.82, 2.24) is 0 Å². The highest BCUT2D eigenvalue weighted by Gasteiger charge is 2.09. The van der Waals surface area contributed by atoms with E-state index in [4.69, 9.17) is 0 Å². The highest BCUT2D eigenvalue weighted by molar-refractivity contribution is 9.09. The van der Waals surface area contributed by atoms with Crippen molar-refractivity contribution in [2.45, 2.75) is 25.1 Å². The second-order valence-corrected chi connectivity index (χ2v) is 5.75. The summed E-state index contributed by atoms with van der Waals surface area (Å²) in [6.07, 6.45) is 0.866. The van der Waals surface area contributed by atoms with Crippen molar-refractivity contribution in [1.29, 1.82) is 0 Å². The second kappa shape index (κ2) is 5.66. The van der Waals surface area contributed by atoms with Gasteiger partial charge in [-0.3, -0.25) is 0 Å². The van der Waals surface area contributed by atoms with Crippen LogP contribution in [0.1, 0.15) is 27.1 Å². The summed E-state index contributed by atoms with van der Waals surface area (Å²) >= 11 is 3.63. The predicted molar refractivity (Wildman–Crippen MR) is 77.7 cm³/mol. The summed E-state index contributed by atoms with van der Waals surface area (Å²) < 4.78 is 13.2. The third-order valence-electron chi connectivity index (χ3n) is 3.20. The smallest absolute Gasteiger partial charge is 0.123 e. The molecule has 0 N–H and O–H groups in total. The zero-order chi connectivity index (χ0) is 13.1. The van der Waals surface area contributed by atoms with Gasteiger partial charge in [0.2, 0.25) is 0 Å². The third-order valence-corrected chi connectivity index (χ3v) is 4.05. The first kappa shape index (κ1) is 13.3. The Morgan fingerprint density at radius 2 is 1.83 bits per heavy atom. The number of rotatable bonds is 3. The molecule has 0 saturated heterocycles. The van der Waals surface area contributed by atoms with Crippen LogP contribution in [0.2, 0.25) is 0 Å². The van der Waals surface area contributed by atoms with Gasteiger partial charge in [0.25, 0.3) is 0 Å². The van der Waals surface area contributed by atoms with Crippen LogP contribution in [0.25, 0.3) is 0 Å². The molecule has 18 heavy (non-hydrogen) atoms. The van der Waals surface area contributed by atoms with Gasteiger partial charge in [-0.1, -0.05) is 46.3 Å². The highest BCUT2D eigenvalue weighted by Crippen LogP contribution is 2.28. The normalized spacial score (nSPS) is 12.4. The van der Waals surface area contributed by atoms with E-state index in [2.05, 4.69) is 48.0 Å². The van der Waals surface area contributed by atoms with Crippen LogP contribution in [-0.2, 0) is 6.42 Å². The summed E-state index contributed by atoms with van der Waals surface area (Å²) in [5.41, 5.74) is 4.85. The summed E-state index contributed by atoms with van der Waals surface area (Å²) in [7, 11) is 0. The van der Waals surface area contributed by atoms with E-state index in [0.717, 1.165) is 12.0 Å². The molecule has 0 aliphatic heterocycles. The van der Waals surface area contributed by atoms with Crippen LogP contribution >= 0.6 is 15.9 Å². The average Bonchev–Trinajstić information content (AvgIpc) is 2.34. The molecule has 0 aliphatic carbocycles. The molecule has 0 radical (unpaired) electrons. The first-order valence-electron chi connectivity index (χ1n) is 6.02. The molecular weight excluding hydrogens is 291 g/mol. The first-order valence-corrected chi connectivity index (χ1v) is 6.93. The number of halogens is 2. The van der Waals surface area contributed by atoms with Crippen LogP contribution in [-0.4, -0.2) is 0 Å². The fourth-order valence-corrected chi connectivity index (χ4v) is 2.62. The highest BCUT2D eigenvalue weighted by atomic mass is 79.9. The Hall–Kier alpha value is -1.15. The van der Waals surface area contributed by atoms with Gasteiger partial charge < -0.3 is 0 Å². The lowest BCUT2D eigenvalue weighted by molar-refractivity contribution is 0.625. The van der Waals surface area contributed by atoms with Crippen LogP contribution in [0, 0.1) is 19.7 Å². The molecule has 2 aromatic rings. The van der Waals surface area contributed by atoms with Gasteiger partial charge in [0.1, 0.15) is 5.82 Å². The lowest BCUT2D eigenvalue weighted by atomic mass is 10.0. The van der Waals surface area contributed by atoms with Gasteiger partial charge in [-0.2, -0.15) is 0 Å². The van der Waals surface area contributed by atoms with E-state index in [-0.39, 0.29) is 10.6 Å². The van der Waals surface area contributed by atoms with Gasteiger partial charge in [-0.05, 0) is 54.7 Å². The van der Waals surface area contributed by atoms with Crippen molar-refractivity contribution in [3.8, 4) is 0 Å². The Bertz CT molecular complexity index is 549. The minimum absolute atomic E-state index is 0.148. The lowest BCUT2D eigenvalue weighted by Gasteiger charge is -2.11. The molecule has 0 saturated carbocycles. The molecule has 0 nitrogen and oxygen atoms in total. The Kier molecular flexibility index (Phi) is 4.18. The summed E-state index contributed by atoms with van der Waals surface area (Å²) in [6.45, 7) is 4.22. The van der Waals surface area contributed by atoms with Crippen LogP contribution < -0.4 is 0 Å². The fourth-order valence-electron chi connectivity index (χ4n) is 1.96. The summed E-state index contributed by atoms with van der Waals surface area (Å²) in [4.78, 5) is 0.148. The molecule has 2 aromatic carbocycles. The first-order chi connectivity index (χ1) is 8.56. The van der Waals surface area contributed by atoms with E-state index in [1.54, 1.807) is 12.1 Å². The maximum absolute atomic E-state index is 13.2. The predicted octanol–water partition coefficient (Wildman–Crippen LogP) is 5.12. The van der Waals surface area contributed by atoms with E-state index >= 15 is 0 Å². The Labute approximate surface area is 116 Å². The van der Waals surface area contributed by atoms with Crippen LogP contribution in [0.5, 0.6) is 0 Å². The van der Waals surface area contributed by atoms with E-state index in [9.17, 15) is 4.39 Å². The summed E-state index contributed by atoms with van der Waals surface area (Å²) in [5, 5.41) is 0. The number of benzene rings is 2. The second-order valence-electron chi connectivity index (χ2n) is 4.65. The van der Waals surface area contributed by atoms with Gasteiger partial charge in [-0.25, -0.2) is 4.39 Å². The molecule has 1 unspecified atom stereocenters. The minimum atomic E-state index is -0.183. The van der Waals surface area contributed by atoms with Gasteiger partial charge in [-0.15, -0.1) is 0 Å². The third kappa shape index (κ3) is 3.20. The van der Waals surface area contributed by atoms with Crippen LogP contribution in [0.4, 0.5) is 4.39 Å². The number of hydrogen-bond acceptors (Lipinski definition) is 0. The summed E-state index contributed by atoms with van der Waals surface area (Å²) in [5.74, 6) is -0.183. The maximum Gasteiger partial charge on any atom is 0.123 e. The molecule has 0 heterocycles. The fraction of sp³-hybridized carbons (Fsp3) is 0.250. The zero-order valence-electron chi connectivity index (χ0n) is 10.6. The molecule has 2 rings (SSSR count). The number of alkyl halides is 1. The molecule has 2 heteroatoms. The molecular formula is C16H16BrF. The van der Waals surface area contributed by atoms with Crippen molar-refractivity contribution in [2.75, 3.05) is 0 Å². The molecule has 0 bridgehead atoms. The van der Waals surface area contributed by atoms with Crippen molar-refractivity contribution < 1.29 is 4.39 Å². The molecule has 0 fully saturated rings. The minimum Gasteiger partial charge on any atom is -0.207 e. The van der Waals surface area contributed by atoms with Crippen LogP contribution in [0.15, 0.2) is 42.5 Å². The Morgan fingerprint density at radius 3 is 2.50 bits per heavy atom. The van der Waals surface area contributed by atoms with Crippen molar-refractivity contribution in [3.05, 3.63) is 70.5 Å². The van der Waals surface area contributed by atoms with Crippen LogP contribution in [0.3, 0.4) is 0 Å². The van der Waals surface area contributed by atoms with Gasteiger partial charge in [0.15, 0.2) is 0 Å². The Morgan fingerprint density at radius 1 is 1.06 bits per heavy atom. The van der Waals surface area contributed by atoms with E-state index in [1.807, 2.05) is 6.07 Å². The van der Waals surface area contributed by atoms with E-state index in [0.29, 0.717) is 0 Å². The van der Waals surface area contributed by atoms with Crippen molar-refractivity contribution in [2.24, 2.45) is 0 Å². The SMILES string of the molecule is Cc1ccc(CC(Br)c2cccc(F)c2)cc1C. The molecule has 0 spiro atoms. The maximum atomic E-state index is 13.2. The quantitative estimate of drug-likeness (QED) is 0.690. The standard InChI is InChI=1S/C16H16BrF/c1-11-6-7-13(8-12(11)2)9-16(17)14-4-3-5-15(18)10-14/h3-8,10,16H,9H2,1-2H3. The number of aryl methyl sites for hydroxylation is 2. The van der Waals surface area contributed by atoms with Gasteiger partial charge in [0.05, 0.1) is 0 Å². The molecule has 0 aliphatic rings. The van der Waals surface area contributed by atoms with E-state index < -0.39 is 0 Å². The van der Waals surface area contributed by atoms with Gasteiger partial charge >= 0.3 is 0 Å². The largest absolute Gasteiger partial charge is 0.207 e. The lowest BCUT2D eigenvalue weighted by Crippen LogP contribution is -1.97. The van der Waals surface area contributed by atoms with Crippen molar-refractivity contribution in [3.63, 3.8) is 0 Å². The zero-order valence-corrected chi connectivity index (χ0v) is 12.2. The average molecular weight is 307 g/mol. The molecule has 1 atom stereocenters. The van der Waals surface area contributed by atoms with E-state index in [1.165, 1.54) is 22.8 Å². The topological polar surface area (TPSA) is 0 Å². The molecule has 94 valence electrons. The molecule has 0 aromatic heterocycles. The van der Waals surface area contributed by atoms with Crippen molar-refractivity contribution >= 4 is 15.9 Å². The number of hydrogen-bond donors (Lipinski definition) is 0.